The van der Waals surface area contributed by atoms with Crippen molar-refractivity contribution in [2.75, 3.05) is 41.4 Å². The second kappa shape index (κ2) is 14.4. The van der Waals surface area contributed by atoms with E-state index in [4.69, 9.17) is 13.9 Å². The van der Waals surface area contributed by atoms with Crippen LogP contribution in [0.5, 0.6) is 11.5 Å². The van der Waals surface area contributed by atoms with Gasteiger partial charge in [-0.05, 0) is 63.0 Å². The number of fused-ring (bicyclic) bond motifs is 1. The highest BCUT2D eigenvalue weighted by Gasteiger charge is 2.36. The second-order valence-electron chi connectivity index (χ2n) is 11.9. The summed E-state index contributed by atoms with van der Waals surface area (Å²) in [7, 11) is 6.86. The molecule has 0 aliphatic carbocycles. The van der Waals surface area contributed by atoms with Crippen LogP contribution in [0.3, 0.4) is 0 Å². The van der Waals surface area contributed by atoms with Crippen molar-refractivity contribution in [3.63, 3.8) is 0 Å². The average molecular weight is 610 g/mol. The maximum absolute atomic E-state index is 13.3. The molecule has 8 heteroatoms. The van der Waals surface area contributed by atoms with E-state index < -0.39 is 5.41 Å². The molecule has 4 rings (SSSR count). The number of rotatable bonds is 13. The maximum atomic E-state index is 13.3. The van der Waals surface area contributed by atoms with E-state index in [0.29, 0.717) is 53.3 Å². The number of nitriles is 1. The zero-order valence-corrected chi connectivity index (χ0v) is 27.3. The summed E-state index contributed by atoms with van der Waals surface area (Å²) < 4.78 is 17.2. The Morgan fingerprint density at radius 3 is 2.36 bits per heavy atom. The minimum atomic E-state index is -0.712. The number of amides is 1. The first-order chi connectivity index (χ1) is 21.6. The van der Waals surface area contributed by atoms with Crippen molar-refractivity contribution in [3.05, 3.63) is 93.6 Å². The fraction of sp³-hybridized carbons (Fsp3) is 0.378. The summed E-state index contributed by atoms with van der Waals surface area (Å²) in [6.45, 7) is 7.06. The van der Waals surface area contributed by atoms with Crippen molar-refractivity contribution in [1.82, 2.24) is 9.80 Å². The Kier molecular flexibility index (Phi) is 10.7. The summed E-state index contributed by atoms with van der Waals surface area (Å²) in [5, 5.41) is 10.9. The van der Waals surface area contributed by atoms with Gasteiger partial charge in [-0.2, -0.15) is 5.26 Å². The van der Waals surface area contributed by atoms with Gasteiger partial charge >= 0.3 is 0 Å². The normalized spacial score (nSPS) is 12.6. The van der Waals surface area contributed by atoms with E-state index in [0.717, 1.165) is 23.1 Å². The van der Waals surface area contributed by atoms with Crippen molar-refractivity contribution in [3.8, 4) is 28.9 Å². The highest BCUT2D eigenvalue weighted by Crippen LogP contribution is 2.40. The van der Waals surface area contributed by atoms with Crippen molar-refractivity contribution in [1.29, 1.82) is 5.26 Å². The van der Waals surface area contributed by atoms with Gasteiger partial charge in [0.05, 0.1) is 37.6 Å². The fourth-order valence-electron chi connectivity index (χ4n) is 5.89. The highest BCUT2D eigenvalue weighted by molar-refractivity contribution is 5.84. The molecule has 0 saturated heterocycles. The van der Waals surface area contributed by atoms with Crippen LogP contribution in [0, 0.1) is 24.2 Å². The zero-order valence-electron chi connectivity index (χ0n) is 27.3. The van der Waals surface area contributed by atoms with Crippen LogP contribution in [0.25, 0.3) is 22.3 Å². The lowest BCUT2D eigenvalue weighted by Gasteiger charge is -2.32. The number of hydrogen-bond acceptors (Lipinski definition) is 7. The number of para-hydroxylation sites is 1. The maximum Gasteiger partial charge on any atom is 0.236 e. The van der Waals surface area contributed by atoms with E-state index in [1.165, 1.54) is 0 Å². The average Bonchev–Trinajstić information content (AvgIpc) is 3.04. The molecule has 0 N–H and O–H groups in total. The number of ether oxygens (including phenoxy) is 2. The Morgan fingerprint density at radius 2 is 1.71 bits per heavy atom. The number of likely N-dealkylation sites (N-methyl/N-ethyl adjacent to an activating group) is 2. The molecule has 1 aromatic heterocycles. The molecule has 0 radical (unpaired) electrons. The molecule has 236 valence electrons. The molecule has 1 amide bonds. The van der Waals surface area contributed by atoms with Gasteiger partial charge in [-0.15, -0.1) is 0 Å². The van der Waals surface area contributed by atoms with Gasteiger partial charge in [0.15, 0.2) is 16.9 Å². The molecule has 0 aliphatic rings. The summed E-state index contributed by atoms with van der Waals surface area (Å²) >= 11 is 0. The van der Waals surface area contributed by atoms with E-state index in [1.807, 2.05) is 72.6 Å². The topological polar surface area (TPSA) is 96.0 Å². The molecule has 0 spiro atoms. The number of hydrogen-bond donors (Lipinski definition) is 0. The molecule has 4 aromatic rings. The van der Waals surface area contributed by atoms with E-state index in [-0.39, 0.29) is 23.8 Å². The second-order valence-corrected chi connectivity index (χ2v) is 11.9. The van der Waals surface area contributed by atoms with Crippen LogP contribution >= 0.6 is 0 Å². The smallest absolute Gasteiger partial charge is 0.236 e. The van der Waals surface area contributed by atoms with E-state index in [2.05, 4.69) is 19.9 Å². The number of carbonyl (C=O) groups is 1. The van der Waals surface area contributed by atoms with Crippen LogP contribution in [0.4, 0.5) is 0 Å². The molecule has 3 aromatic carbocycles. The van der Waals surface area contributed by atoms with E-state index in [1.54, 1.807) is 39.2 Å². The van der Waals surface area contributed by atoms with Crippen molar-refractivity contribution >= 4 is 16.9 Å². The standard InChI is InChI=1S/C37H43N3O5/c1-25(2)37(24-38,29-17-18-31(43-6)32(21-29)44-7)19-12-20-39(4)23-33(41)40(5)22-28-15-11-16-30-34(42)26(3)35(45-36(28)30)27-13-9-8-10-14-27/h8-11,13-18,21,25H,12,19-20,22-23H2,1-7H3. The number of nitrogens with zero attached hydrogens (tertiary/aromatic N) is 3. The number of carbonyl (C=O) groups excluding carboxylic acids is 1. The molecule has 0 fully saturated rings. The number of benzene rings is 3. The minimum Gasteiger partial charge on any atom is -0.493 e. The van der Waals surface area contributed by atoms with E-state index >= 15 is 0 Å². The van der Waals surface area contributed by atoms with Gasteiger partial charge in [0, 0.05) is 30.3 Å². The third kappa shape index (κ3) is 7.05. The Hall–Kier alpha value is -4.61. The molecule has 1 heterocycles. The first kappa shape index (κ1) is 33.3. The molecular formula is C37H43N3O5. The predicted molar refractivity (Wildman–Crippen MR) is 178 cm³/mol. The van der Waals surface area contributed by atoms with Crippen LogP contribution in [0.15, 0.2) is 75.9 Å². The monoisotopic (exact) mass is 609 g/mol. The largest absolute Gasteiger partial charge is 0.493 e. The Balaban J connectivity index is 1.44. The third-order valence-corrected chi connectivity index (χ3v) is 8.70. The van der Waals surface area contributed by atoms with Crippen LogP contribution < -0.4 is 14.9 Å². The Labute approximate surface area is 265 Å². The third-order valence-electron chi connectivity index (χ3n) is 8.70. The predicted octanol–water partition coefficient (Wildman–Crippen LogP) is 6.57. The van der Waals surface area contributed by atoms with Crippen molar-refractivity contribution < 1.29 is 18.7 Å². The molecule has 0 saturated carbocycles. The van der Waals surface area contributed by atoms with Gasteiger partial charge in [-0.25, -0.2) is 0 Å². The summed E-state index contributed by atoms with van der Waals surface area (Å²) in [6.07, 6.45) is 1.35. The fourth-order valence-corrected chi connectivity index (χ4v) is 5.89. The van der Waals surface area contributed by atoms with Crippen LogP contribution in [0.2, 0.25) is 0 Å². The van der Waals surface area contributed by atoms with Crippen LogP contribution in [0.1, 0.15) is 43.4 Å². The summed E-state index contributed by atoms with van der Waals surface area (Å²) in [4.78, 5) is 30.2. The molecule has 45 heavy (non-hydrogen) atoms. The first-order valence-corrected chi connectivity index (χ1v) is 15.2. The molecule has 0 aliphatic heterocycles. The summed E-state index contributed by atoms with van der Waals surface area (Å²) in [6, 6.07) is 23.3. The molecular weight excluding hydrogens is 566 g/mol. The Bertz CT molecular complexity index is 1740. The van der Waals surface area contributed by atoms with Crippen molar-refractivity contribution in [2.24, 2.45) is 5.92 Å². The highest BCUT2D eigenvalue weighted by atomic mass is 16.5. The molecule has 1 atom stereocenters. The molecule has 8 nitrogen and oxygen atoms in total. The lowest BCUT2D eigenvalue weighted by Crippen LogP contribution is -2.37. The molecule has 0 bridgehead atoms. The zero-order chi connectivity index (χ0) is 32.7. The van der Waals surface area contributed by atoms with Gasteiger partial charge in [-0.3, -0.25) is 14.5 Å². The van der Waals surface area contributed by atoms with Crippen LogP contribution in [-0.4, -0.2) is 57.1 Å². The molecule has 1 unspecified atom stereocenters. The Morgan fingerprint density at radius 1 is 1.00 bits per heavy atom. The van der Waals surface area contributed by atoms with E-state index in [9.17, 15) is 14.9 Å². The minimum absolute atomic E-state index is 0.0532. The van der Waals surface area contributed by atoms with Crippen LogP contribution in [-0.2, 0) is 16.8 Å². The summed E-state index contributed by atoms with van der Waals surface area (Å²) in [5.74, 6) is 1.76. The van der Waals surface area contributed by atoms with Crippen molar-refractivity contribution in [2.45, 2.75) is 45.6 Å². The SMILES string of the molecule is COc1ccc(C(C#N)(CCCN(C)CC(=O)N(C)Cc2cccc3c(=O)c(C)c(-c4ccccc4)oc23)C(C)C)cc1OC. The van der Waals surface area contributed by atoms with Gasteiger partial charge in [0.25, 0.3) is 0 Å². The number of methoxy groups -OCH3 is 2. The van der Waals surface area contributed by atoms with Gasteiger partial charge in [0.1, 0.15) is 11.3 Å². The summed E-state index contributed by atoms with van der Waals surface area (Å²) in [5.41, 5.74) is 2.76. The van der Waals surface area contributed by atoms with Gasteiger partial charge < -0.3 is 18.8 Å². The van der Waals surface area contributed by atoms with Gasteiger partial charge in [0.2, 0.25) is 5.91 Å². The van der Waals surface area contributed by atoms with Gasteiger partial charge in [-0.1, -0.05) is 62.4 Å². The lowest BCUT2D eigenvalue weighted by molar-refractivity contribution is -0.131. The first-order valence-electron chi connectivity index (χ1n) is 15.2. The lowest BCUT2D eigenvalue weighted by atomic mass is 9.69. The quantitative estimate of drug-likeness (QED) is 0.169.